The van der Waals surface area contributed by atoms with Gasteiger partial charge < -0.3 is 25.2 Å². The number of nitrogens with one attached hydrogen (secondary N) is 2. The first kappa shape index (κ1) is 23.9. The standard InChI is InChI=1S/C26H32N8O2/c1-3-27-26(35)30-19-7-5-18(6-8-19)23-31-22-17-34(25-28-12-4-13-29-25)16-11-21(22)24(32-23)33-14-9-20(36-2)10-15-33/h4-8,12-13,20H,3,9-11,14-17H2,1-2H3,(H2,27,30,35). The predicted molar refractivity (Wildman–Crippen MR) is 139 cm³/mol. The fourth-order valence-corrected chi connectivity index (χ4v) is 4.77. The molecule has 2 N–H and O–H groups in total. The maximum atomic E-state index is 11.9. The molecule has 10 heteroatoms. The first-order chi connectivity index (χ1) is 17.6. The quantitative estimate of drug-likeness (QED) is 0.544. The highest BCUT2D eigenvalue weighted by molar-refractivity contribution is 5.89. The smallest absolute Gasteiger partial charge is 0.319 e. The first-order valence-electron chi connectivity index (χ1n) is 12.5. The Bertz CT molecular complexity index is 1180. The van der Waals surface area contributed by atoms with Gasteiger partial charge in [0.15, 0.2) is 5.82 Å². The molecule has 10 nitrogen and oxygen atoms in total. The molecular weight excluding hydrogens is 456 g/mol. The molecule has 0 aliphatic carbocycles. The number of methoxy groups -OCH3 is 1. The van der Waals surface area contributed by atoms with E-state index in [0.29, 0.717) is 31.0 Å². The number of piperidine rings is 1. The van der Waals surface area contributed by atoms with Crippen LogP contribution in [0.15, 0.2) is 42.7 Å². The monoisotopic (exact) mass is 488 g/mol. The number of carbonyl (C=O) groups excluding carboxylic acids is 1. The maximum absolute atomic E-state index is 11.9. The van der Waals surface area contributed by atoms with Crippen LogP contribution in [0.3, 0.4) is 0 Å². The molecule has 0 radical (unpaired) electrons. The Morgan fingerprint density at radius 1 is 1.06 bits per heavy atom. The lowest BCUT2D eigenvalue weighted by molar-refractivity contribution is 0.0817. The van der Waals surface area contributed by atoms with Crippen LogP contribution in [0.25, 0.3) is 11.4 Å². The van der Waals surface area contributed by atoms with Gasteiger partial charge in [0, 0.05) is 62.5 Å². The predicted octanol–water partition coefficient (Wildman–Crippen LogP) is 3.25. The van der Waals surface area contributed by atoms with Crippen molar-refractivity contribution in [3.8, 4) is 11.4 Å². The Labute approximate surface area is 211 Å². The average molecular weight is 489 g/mol. The average Bonchev–Trinajstić information content (AvgIpc) is 2.93. The number of rotatable bonds is 6. The zero-order valence-electron chi connectivity index (χ0n) is 20.8. The molecule has 2 aliphatic heterocycles. The fourth-order valence-electron chi connectivity index (χ4n) is 4.77. The van der Waals surface area contributed by atoms with E-state index in [4.69, 9.17) is 14.7 Å². The molecule has 0 atom stereocenters. The van der Waals surface area contributed by atoms with Crippen LogP contribution in [0.4, 0.5) is 22.2 Å². The summed E-state index contributed by atoms with van der Waals surface area (Å²) < 4.78 is 5.58. The largest absolute Gasteiger partial charge is 0.381 e. The minimum absolute atomic E-state index is 0.222. The van der Waals surface area contributed by atoms with E-state index in [1.54, 1.807) is 19.5 Å². The minimum Gasteiger partial charge on any atom is -0.381 e. The van der Waals surface area contributed by atoms with Crippen LogP contribution < -0.4 is 20.4 Å². The molecule has 0 spiro atoms. The highest BCUT2D eigenvalue weighted by atomic mass is 16.5. The van der Waals surface area contributed by atoms with Crippen molar-refractivity contribution in [1.29, 1.82) is 0 Å². The summed E-state index contributed by atoms with van der Waals surface area (Å²) in [6.45, 7) is 5.72. The minimum atomic E-state index is -0.222. The third-order valence-electron chi connectivity index (χ3n) is 6.69. The van der Waals surface area contributed by atoms with Crippen molar-refractivity contribution in [2.75, 3.05) is 48.4 Å². The summed E-state index contributed by atoms with van der Waals surface area (Å²) in [7, 11) is 1.79. The molecule has 5 rings (SSSR count). The second kappa shape index (κ2) is 10.9. The van der Waals surface area contributed by atoms with Gasteiger partial charge in [-0.3, -0.25) is 0 Å². The van der Waals surface area contributed by atoms with E-state index in [1.807, 2.05) is 37.3 Å². The highest BCUT2D eigenvalue weighted by Gasteiger charge is 2.28. The van der Waals surface area contributed by atoms with Gasteiger partial charge >= 0.3 is 6.03 Å². The number of hydrogen-bond donors (Lipinski definition) is 2. The summed E-state index contributed by atoms with van der Waals surface area (Å²) in [5.41, 5.74) is 3.83. The fraction of sp³-hybridized carbons (Fsp3) is 0.423. The zero-order chi connectivity index (χ0) is 24.9. The normalized spacial score (nSPS) is 15.9. The first-order valence-corrected chi connectivity index (χ1v) is 12.5. The van der Waals surface area contributed by atoms with Crippen LogP contribution in [-0.2, 0) is 17.7 Å². The molecule has 2 amide bonds. The van der Waals surface area contributed by atoms with Crippen molar-refractivity contribution < 1.29 is 9.53 Å². The van der Waals surface area contributed by atoms with Crippen LogP contribution in [-0.4, -0.2) is 65.4 Å². The van der Waals surface area contributed by atoms with Gasteiger partial charge in [-0.15, -0.1) is 0 Å². The van der Waals surface area contributed by atoms with Crippen molar-refractivity contribution in [3.63, 3.8) is 0 Å². The van der Waals surface area contributed by atoms with Crippen molar-refractivity contribution >= 4 is 23.5 Å². The van der Waals surface area contributed by atoms with Crippen molar-refractivity contribution in [2.24, 2.45) is 0 Å². The maximum Gasteiger partial charge on any atom is 0.319 e. The van der Waals surface area contributed by atoms with Crippen molar-refractivity contribution in [2.45, 2.75) is 38.8 Å². The van der Waals surface area contributed by atoms with Gasteiger partial charge in [0.1, 0.15) is 5.82 Å². The Morgan fingerprint density at radius 3 is 2.50 bits per heavy atom. The van der Waals surface area contributed by atoms with Crippen LogP contribution in [0.5, 0.6) is 0 Å². The SMILES string of the molecule is CCNC(=O)Nc1ccc(-c2nc3c(c(N4CCC(OC)CC4)n2)CCN(c2ncccn2)C3)cc1. The van der Waals surface area contributed by atoms with E-state index < -0.39 is 0 Å². The second-order valence-corrected chi connectivity index (χ2v) is 9.00. The third kappa shape index (κ3) is 5.23. The molecular formula is C26H32N8O2. The summed E-state index contributed by atoms with van der Waals surface area (Å²) >= 11 is 0. The molecule has 0 saturated carbocycles. The number of amides is 2. The van der Waals surface area contributed by atoms with Crippen LogP contribution in [0, 0.1) is 0 Å². The molecule has 36 heavy (non-hydrogen) atoms. The number of anilines is 3. The molecule has 1 aromatic carbocycles. The number of carbonyl (C=O) groups is 1. The Kier molecular flexibility index (Phi) is 7.22. The van der Waals surface area contributed by atoms with Gasteiger partial charge in [0.25, 0.3) is 0 Å². The van der Waals surface area contributed by atoms with E-state index in [9.17, 15) is 4.79 Å². The van der Waals surface area contributed by atoms with Gasteiger partial charge in [-0.25, -0.2) is 24.7 Å². The summed E-state index contributed by atoms with van der Waals surface area (Å²) in [5, 5.41) is 5.58. The molecule has 1 fully saturated rings. The number of aromatic nitrogens is 4. The second-order valence-electron chi connectivity index (χ2n) is 9.00. The Balaban J connectivity index is 1.46. The number of hydrogen-bond acceptors (Lipinski definition) is 8. The molecule has 2 aliphatic rings. The zero-order valence-corrected chi connectivity index (χ0v) is 20.8. The lowest BCUT2D eigenvalue weighted by Gasteiger charge is -2.36. The molecule has 4 heterocycles. The van der Waals surface area contributed by atoms with E-state index in [2.05, 4.69) is 30.4 Å². The number of benzene rings is 1. The van der Waals surface area contributed by atoms with E-state index in [-0.39, 0.29) is 6.03 Å². The highest BCUT2D eigenvalue weighted by Crippen LogP contribution is 2.32. The summed E-state index contributed by atoms with van der Waals surface area (Å²) in [4.78, 5) is 35.4. The van der Waals surface area contributed by atoms with Gasteiger partial charge in [-0.1, -0.05) is 0 Å². The van der Waals surface area contributed by atoms with Crippen LogP contribution in [0.2, 0.25) is 0 Å². The summed E-state index contributed by atoms with van der Waals surface area (Å²) in [6.07, 6.45) is 6.64. The van der Waals surface area contributed by atoms with Gasteiger partial charge in [-0.2, -0.15) is 0 Å². The topological polar surface area (TPSA) is 108 Å². The number of urea groups is 1. The van der Waals surface area contributed by atoms with Crippen LogP contribution in [0.1, 0.15) is 31.0 Å². The molecule has 3 aromatic rings. The molecule has 188 valence electrons. The lowest BCUT2D eigenvalue weighted by atomic mass is 10.0. The van der Waals surface area contributed by atoms with Gasteiger partial charge in [0.2, 0.25) is 5.95 Å². The van der Waals surface area contributed by atoms with E-state index in [0.717, 1.165) is 61.7 Å². The molecule has 2 aromatic heterocycles. The van der Waals surface area contributed by atoms with Crippen LogP contribution >= 0.6 is 0 Å². The summed E-state index contributed by atoms with van der Waals surface area (Å²) in [5.74, 6) is 2.41. The molecule has 0 unspecified atom stereocenters. The number of fused-ring (bicyclic) bond motifs is 1. The summed E-state index contributed by atoms with van der Waals surface area (Å²) in [6, 6.07) is 9.26. The van der Waals surface area contributed by atoms with Crippen molar-refractivity contribution in [3.05, 3.63) is 54.0 Å². The van der Waals surface area contributed by atoms with E-state index >= 15 is 0 Å². The molecule has 0 bridgehead atoms. The number of nitrogens with zero attached hydrogens (tertiary/aromatic N) is 6. The Hall–Kier alpha value is -3.79. The third-order valence-corrected chi connectivity index (χ3v) is 6.69. The molecule has 1 saturated heterocycles. The number of ether oxygens (including phenoxy) is 1. The lowest BCUT2D eigenvalue weighted by Crippen LogP contribution is -2.39. The van der Waals surface area contributed by atoms with E-state index in [1.165, 1.54) is 5.56 Å². The van der Waals surface area contributed by atoms with Crippen molar-refractivity contribution in [1.82, 2.24) is 25.3 Å². The Morgan fingerprint density at radius 2 is 1.81 bits per heavy atom. The van der Waals surface area contributed by atoms with Gasteiger partial charge in [-0.05, 0) is 56.5 Å². The van der Waals surface area contributed by atoms with Gasteiger partial charge in [0.05, 0.1) is 18.3 Å².